The molecule has 0 unspecified atom stereocenters. The van der Waals surface area contributed by atoms with Crippen molar-refractivity contribution in [2.45, 2.75) is 63.2 Å². The highest BCUT2D eigenvalue weighted by Gasteiger charge is 2.65. The summed E-state index contributed by atoms with van der Waals surface area (Å²) < 4.78 is 6.14. The standard InChI is InChI=1S/C17H21NO3.2C2H4O2/c1-18-7-6-17-10-3-5-13(20)16(17)21-15-12(19)4-2-9(14(15)17)8-11(10)18;2*1-2(3)4/h2,4,10-11,13,16,19-20H,3,5-8H2,1H3;2*1H3,(H,3,4)/t10-,11+,13-,16-,17-;;/m0../s1. The number of aliphatic hydroxyl groups is 1. The molecule has 1 saturated heterocycles. The quantitative estimate of drug-likeness (QED) is 0.511. The van der Waals surface area contributed by atoms with Crippen LogP contribution in [0.1, 0.15) is 44.2 Å². The van der Waals surface area contributed by atoms with Crippen LogP contribution in [0.4, 0.5) is 0 Å². The molecular formula is C21H29NO7. The smallest absolute Gasteiger partial charge is 0.300 e. The van der Waals surface area contributed by atoms with E-state index in [1.807, 2.05) is 0 Å². The van der Waals surface area contributed by atoms with Gasteiger partial charge in [-0.1, -0.05) is 6.07 Å². The lowest BCUT2D eigenvalue weighted by Gasteiger charge is -2.58. The Bertz CT molecular complexity index is 790. The number of hydrogen-bond acceptors (Lipinski definition) is 6. The number of phenols is 1. The Hall–Kier alpha value is -2.32. The molecular weight excluding hydrogens is 378 g/mol. The van der Waals surface area contributed by atoms with Gasteiger partial charge in [0.2, 0.25) is 0 Å². The fraction of sp³-hybridized carbons (Fsp3) is 0.619. The van der Waals surface area contributed by atoms with Crippen molar-refractivity contribution in [2.24, 2.45) is 5.92 Å². The molecule has 5 rings (SSSR count). The molecule has 4 aliphatic rings. The maximum absolute atomic E-state index is 10.5. The average Bonchev–Trinajstić information content (AvgIpc) is 2.97. The summed E-state index contributed by atoms with van der Waals surface area (Å²) in [5.41, 5.74) is 2.46. The van der Waals surface area contributed by atoms with Crippen molar-refractivity contribution < 1.29 is 34.8 Å². The Morgan fingerprint density at radius 2 is 1.79 bits per heavy atom. The predicted octanol–water partition coefficient (Wildman–Crippen LogP) is 1.60. The van der Waals surface area contributed by atoms with Crippen LogP contribution < -0.4 is 4.74 Å². The first-order valence-electron chi connectivity index (χ1n) is 9.89. The molecule has 2 bridgehead atoms. The number of carbonyl (C=O) groups is 2. The SMILES string of the molecule is CC(=O)O.CC(=O)O.CN1CC[C@]23c4c5ccc(O)c4O[C@H]2[C@@H](O)CC[C@H]3[C@H]1C5. The fourth-order valence-corrected chi connectivity index (χ4v) is 5.71. The number of likely N-dealkylation sites (N-methyl/N-ethyl adjacent to an activating group) is 1. The Morgan fingerprint density at radius 1 is 1.17 bits per heavy atom. The molecule has 0 aromatic heterocycles. The lowest BCUT2D eigenvalue weighted by atomic mass is 9.51. The number of likely N-dealkylation sites (tertiary alicyclic amines) is 1. The number of phenolic OH excluding ortho intramolecular Hbond substituents is 1. The summed E-state index contributed by atoms with van der Waals surface area (Å²) in [6.45, 7) is 3.21. The summed E-state index contributed by atoms with van der Waals surface area (Å²) in [5.74, 6) is -0.229. The molecule has 160 valence electrons. The van der Waals surface area contributed by atoms with E-state index in [2.05, 4.69) is 18.0 Å². The van der Waals surface area contributed by atoms with Gasteiger partial charge < -0.3 is 30.1 Å². The van der Waals surface area contributed by atoms with Gasteiger partial charge in [0.15, 0.2) is 11.5 Å². The van der Waals surface area contributed by atoms with Gasteiger partial charge in [0.05, 0.1) is 6.10 Å². The van der Waals surface area contributed by atoms with Gasteiger partial charge in [0.25, 0.3) is 11.9 Å². The van der Waals surface area contributed by atoms with E-state index in [4.69, 9.17) is 24.5 Å². The summed E-state index contributed by atoms with van der Waals surface area (Å²) in [4.78, 5) is 20.5. The van der Waals surface area contributed by atoms with Crippen LogP contribution in [0, 0.1) is 5.92 Å². The molecule has 2 heterocycles. The molecule has 8 heteroatoms. The van der Waals surface area contributed by atoms with Gasteiger partial charge in [-0.05, 0) is 56.8 Å². The van der Waals surface area contributed by atoms with E-state index in [0.717, 1.165) is 46.1 Å². The van der Waals surface area contributed by atoms with Crippen LogP contribution in [0.5, 0.6) is 11.5 Å². The molecule has 4 N–H and O–H groups in total. The Balaban J connectivity index is 0.000000261. The predicted molar refractivity (Wildman–Crippen MR) is 104 cm³/mol. The van der Waals surface area contributed by atoms with Crippen molar-refractivity contribution in [3.8, 4) is 11.5 Å². The van der Waals surface area contributed by atoms with Gasteiger partial charge in [0.1, 0.15) is 6.10 Å². The molecule has 1 aromatic rings. The Kier molecular flexibility index (Phi) is 5.78. The van der Waals surface area contributed by atoms with Gasteiger partial charge in [0, 0.05) is 30.9 Å². The number of aromatic hydroxyl groups is 1. The van der Waals surface area contributed by atoms with E-state index >= 15 is 0 Å². The second-order valence-corrected chi connectivity index (χ2v) is 8.32. The number of hydrogen-bond donors (Lipinski definition) is 4. The van der Waals surface area contributed by atoms with Crippen LogP contribution in [0.2, 0.25) is 0 Å². The molecule has 2 aliphatic heterocycles. The lowest BCUT2D eigenvalue weighted by molar-refractivity contribution is -0.135. The van der Waals surface area contributed by atoms with Gasteiger partial charge in [-0.3, -0.25) is 9.59 Å². The molecule has 8 nitrogen and oxygen atoms in total. The van der Waals surface area contributed by atoms with E-state index in [1.165, 1.54) is 11.1 Å². The van der Waals surface area contributed by atoms with Gasteiger partial charge >= 0.3 is 0 Å². The monoisotopic (exact) mass is 407 g/mol. The molecule has 1 aromatic carbocycles. The largest absolute Gasteiger partial charge is 0.504 e. The van der Waals surface area contributed by atoms with Crippen LogP contribution in [0.3, 0.4) is 0 Å². The number of benzene rings is 1. The highest BCUT2D eigenvalue weighted by Crippen LogP contribution is 2.63. The number of aliphatic hydroxyl groups excluding tert-OH is 1. The number of rotatable bonds is 0. The van der Waals surface area contributed by atoms with E-state index < -0.39 is 18.0 Å². The van der Waals surface area contributed by atoms with Gasteiger partial charge in [-0.15, -0.1) is 0 Å². The van der Waals surface area contributed by atoms with Gasteiger partial charge in [-0.25, -0.2) is 0 Å². The van der Waals surface area contributed by atoms with Gasteiger partial charge in [-0.2, -0.15) is 0 Å². The van der Waals surface area contributed by atoms with Crippen LogP contribution >= 0.6 is 0 Å². The maximum atomic E-state index is 10.5. The third-order valence-electron chi connectivity index (χ3n) is 6.56. The van der Waals surface area contributed by atoms with Crippen LogP contribution in [0.25, 0.3) is 0 Å². The second-order valence-electron chi connectivity index (χ2n) is 8.32. The third-order valence-corrected chi connectivity index (χ3v) is 6.56. The second kappa shape index (κ2) is 7.84. The number of piperidine rings is 1. The molecule has 5 atom stereocenters. The summed E-state index contributed by atoms with van der Waals surface area (Å²) in [7, 11) is 2.22. The zero-order valence-electron chi connectivity index (χ0n) is 17.0. The number of carboxylic acids is 2. The molecule has 0 amide bonds. The van der Waals surface area contributed by atoms with Crippen molar-refractivity contribution in [2.75, 3.05) is 13.6 Å². The van der Waals surface area contributed by atoms with Crippen molar-refractivity contribution in [1.29, 1.82) is 0 Å². The Morgan fingerprint density at radius 3 is 2.41 bits per heavy atom. The fourth-order valence-electron chi connectivity index (χ4n) is 5.71. The molecule has 29 heavy (non-hydrogen) atoms. The Labute approximate surface area is 169 Å². The van der Waals surface area contributed by atoms with Crippen molar-refractivity contribution in [1.82, 2.24) is 4.90 Å². The third kappa shape index (κ3) is 3.55. The average molecular weight is 407 g/mol. The minimum absolute atomic E-state index is 0.0729. The minimum Gasteiger partial charge on any atom is -0.504 e. The zero-order valence-corrected chi connectivity index (χ0v) is 17.0. The normalized spacial score (nSPS) is 33.1. The first-order chi connectivity index (χ1) is 13.6. The minimum atomic E-state index is -0.833. The highest BCUT2D eigenvalue weighted by atomic mass is 16.5. The topological polar surface area (TPSA) is 128 Å². The van der Waals surface area contributed by atoms with Crippen LogP contribution in [-0.2, 0) is 21.4 Å². The number of carboxylic acid groups (broad SMARTS) is 2. The number of aliphatic carboxylic acids is 2. The van der Waals surface area contributed by atoms with E-state index in [-0.39, 0.29) is 17.3 Å². The van der Waals surface area contributed by atoms with Crippen LogP contribution in [0.15, 0.2) is 12.1 Å². The zero-order chi connectivity index (χ0) is 21.5. The van der Waals surface area contributed by atoms with E-state index in [1.54, 1.807) is 6.07 Å². The molecule has 2 aliphatic carbocycles. The van der Waals surface area contributed by atoms with E-state index in [0.29, 0.717) is 17.7 Å². The molecule has 0 radical (unpaired) electrons. The van der Waals surface area contributed by atoms with Crippen molar-refractivity contribution >= 4 is 11.9 Å². The summed E-state index contributed by atoms with van der Waals surface area (Å²) in [5, 5.41) is 35.6. The highest BCUT2D eigenvalue weighted by molar-refractivity contribution is 5.63. The van der Waals surface area contributed by atoms with Crippen molar-refractivity contribution in [3.63, 3.8) is 0 Å². The summed E-state index contributed by atoms with van der Waals surface area (Å²) in [6.07, 6.45) is 3.35. The first kappa shape index (κ1) is 21.4. The first-order valence-corrected chi connectivity index (χ1v) is 9.89. The lowest BCUT2D eigenvalue weighted by Crippen LogP contribution is -2.66. The summed E-state index contributed by atoms with van der Waals surface area (Å²) >= 11 is 0. The van der Waals surface area contributed by atoms with E-state index in [9.17, 15) is 10.2 Å². The molecule has 1 spiro atoms. The van der Waals surface area contributed by atoms with Crippen LogP contribution in [-0.4, -0.2) is 69.1 Å². The molecule has 2 fully saturated rings. The summed E-state index contributed by atoms with van der Waals surface area (Å²) in [6, 6.07) is 4.36. The number of ether oxygens (including phenoxy) is 1. The van der Waals surface area contributed by atoms with Crippen molar-refractivity contribution in [3.05, 3.63) is 23.3 Å². The molecule has 1 saturated carbocycles. The number of nitrogens with zero attached hydrogens (tertiary/aromatic N) is 1. The maximum Gasteiger partial charge on any atom is 0.300 e.